The zero-order valence-corrected chi connectivity index (χ0v) is 31.7. The summed E-state index contributed by atoms with van der Waals surface area (Å²) in [5.41, 5.74) is -0.627. The first-order valence-corrected chi connectivity index (χ1v) is 19.9. The van der Waals surface area contributed by atoms with Crippen LogP contribution in [-0.2, 0) is 33.2 Å². The number of hydrogen-bond donors (Lipinski definition) is 11. The molecule has 0 aromatic rings. The number of carbonyl (C=O) groups excluding carboxylic acids is 1. The van der Waals surface area contributed by atoms with Crippen molar-refractivity contribution in [2.45, 2.75) is 163 Å². The second-order valence-corrected chi connectivity index (χ2v) is 17.9. The first-order valence-electron chi connectivity index (χ1n) is 19.9. The first kappa shape index (κ1) is 42.7. The van der Waals surface area contributed by atoms with Gasteiger partial charge in [0.15, 0.2) is 12.6 Å². The lowest BCUT2D eigenvalue weighted by atomic mass is 9.41. The van der Waals surface area contributed by atoms with Gasteiger partial charge in [-0.2, -0.15) is 0 Å². The second kappa shape index (κ2) is 15.9. The predicted molar refractivity (Wildman–Crippen MR) is 186 cm³/mol. The van der Waals surface area contributed by atoms with Crippen LogP contribution < -0.4 is 0 Å². The molecular formula is C38H60O18. The van der Waals surface area contributed by atoms with Crippen molar-refractivity contribution < 1.29 is 89.4 Å². The summed E-state index contributed by atoms with van der Waals surface area (Å²) in [5, 5.41) is 114. The molecule has 0 amide bonds. The highest BCUT2D eigenvalue weighted by atomic mass is 16.8. The number of carbonyl (C=O) groups is 1. The zero-order valence-electron chi connectivity index (χ0n) is 31.7. The third-order valence-corrected chi connectivity index (χ3v) is 14.9. The van der Waals surface area contributed by atoms with Crippen LogP contribution in [-0.4, -0.2) is 180 Å². The Kier molecular flexibility index (Phi) is 12.1. The number of esters is 1. The van der Waals surface area contributed by atoms with Crippen LogP contribution in [0.2, 0.25) is 0 Å². The van der Waals surface area contributed by atoms with E-state index in [1.165, 1.54) is 0 Å². The minimum absolute atomic E-state index is 0.00788. The van der Waals surface area contributed by atoms with E-state index < -0.39 is 135 Å². The molecule has 56 heavy (non-hydrogen) atoms. The van der Waals surface area contributed by atoms with E-state index in [0.717, 1.165) is 31.3 Å². The summed E-state index contributed by atoms with van der Waals surface area (Å²) in [6, 6.07) is 0. The van der Waals surface area contributed by atoms with Crippen LogP contribution in [0.25, 0.3) is 0 Å². The lowest BCUT2D eigenvalue weighted by Crippen LogP contribution is -2.65. The highest BCUT2D eigenvalue weighted by Gasteiger charge is 2.68. The van der Waals surface area contributed by atoms with Crippen LogP contribution in [0.4, 0.5) is 0 Å². The summed E-state index contributed by atoms with van der Waals surface area (Å²) >= 11 is 0. The maximum atomic E-state index is 14.2. The number of aliphatic hydroxyl groups is 11. The van der Waals surface area contributed by atoms with Crippen molar-refractivity contribution in [2.75, 3.05) is 19.8 Å². The van der Waals surface area contributed by atoms with Gasteiger partial charge in [0.05, 0.1) is 31.3 Å². The van der Waals surface area contributed by atoms with Crippen LogP contribution in [0.5, 0.6) is 0 Å². The molecule has 18 heteroatoms. The Morgan fingerprint density at radius 3 is 1.86 bits per heavy atom. The highest BCUT2D eigenvalue weighted by molar-refractivity contribution is 5.77. The van der Waals surface area contributed by atoms with Crippen LogP contribution in [0.15, 0.2) is 12.2 Å². The van der Waals surface area contributed by atoms with E-state index in [9.17, 15) is 61.0 Å². The summed E-state index contributed by atoms with van der Waals surface area (Å²) in [6.45, 7) is 6.43. The molecule has 4 saturated carbocycles. The van der Waals surface area contributed by atoms with E-state index in [4.69, 9.17) is 28.4 Å². The van der Waals surface area contributed by atoms with Gasteiger partial charge in [-0.3, -0.25) is 4.79 Å². The largest absolute Gasteiger partial charge is 0.432 e. The second-order valence-electron chi connectivity index (χ2n) is 17.9. The monoisotopic (exact) mass is 804 g/mol. The van der Waals surface area contributed by atoms with Gasteiger partial charge in [-0.25, -0.2) is 0 Å². The third kappa shape index (κ3) is 6.88. The van der Waals surface area contributed by atoms with Crippen molar-refractivity contribution in [1.82, 2.24) is 0 Å². The molecule has 320 valence electrons. The van der Waals surface area contributed by atoms with E-state index in [1.54, 1.807) is 0 Å². The maximum Gasteiger partial charge on any atom is 0.314 e. The molecule has 3 heterocycles. The van der Waals surface area contributed by atoms with Gasteiger partial charge in [0.1, 0.15) is 73.2 Å². The minimum atomic E-state index is -1.81. The first-order chi connectivity index (χ1) is 26.4. The molecule has 7 aliphatic rings. The molecule has 0 radical (unpaired) electrons. The lowest BCUT2D eigenvalue weighted by Gasteiger charge is -2.64. The molecule has 11 N–H and O–H groups in total. The SMILES string of the molecule is C=C1C[C@@]23CC[C@@H]4[C@@](C)(CCC[C@@]4(C)C(=O)O[C@H]4O[C@@H](CO)[C@H](O)[C@@H](O)[C@@H]4O)[C@@H]2C[C@H](O[C@H]2O[C@H](CO)[C@@H](O)[C@H](O)[C@H]2O[C@@H]2O[C@H](CO)[C@@H](O)[C@H](O)[C@H]2O)[C@H]1C3. The molecule has 7 rings (SSSR count). The Morgan fingerprint density at radius 2 is 1.25 bits per heavy atom. The molecule has 3 saturated heterocycles. The zero-order chi connectivity index (χ0) is 40.6. The van der Waals surface area contributed by atoms with Gasteiger partial charge >= 0.3 is 5.97 Å². The fraction of sp³-hybridized carbons (Fsp3) is 0.921. The summed E-state index contributed by atoms with van der Waals surface area (Å²) in [4.78, 5) is 14.2. The number of aliphatic hydroxyl groups excluding tert-OH is 11. The van der Waals surface area contributed by atoms with Gasteiger partial charge in [-0.05, 0) is 74.5 Å². The summed E-state index contributed by atoms with van der Waals surface area (Å²) in [7, 11) is 0. The highest BCUT2D eigenvalue weighted by Crippen LogP contribution is 2.72. The molecule has 4 aliphatic carbocycles. The van der Waals surface area contributed by atoms with E-state index in [1.807, 2.05) is 6.92 Å². The minimum Gasteiger partial charge on any atom is -0.432 e. The number of ether oxygens (including phenoxy) is 6. The Hall–Kier alpha value is -1.43. The Labute approximate surface area is 324 Å². The Bertz CT molecular complexity index is 1430. The standard InChI is InChI=1S/C38H60O18/c1-15-10-38-8-5-21-36(2,6-4-7-37(21,3)35(50)56-33-30(49)27(46)24(43)19(13-40)53-33)22(38)9-17(16(15)11-38)51-34-31(28(47)25(44)20(14-41)54-34)55-32-29(48)26(45)23(42)18(12-39)52-32/h16-34,39-49H,1,4-14H2,2-3H3/t16-,17-,18+,19-,20+,21+,22-,23+,24-,25+,26-,27+,28-,29+,30-,31+,32-,33+,34-,36+,37+,38+/m0/s1. The smallest absolute Gasteiger partial charge is 0.314 e. The van der Waals surface area contributed by atoms with Crippen molar-refractivity contribution in [3.05, 3.63) is 12.2 Å². The third-order valence-electron chi connectivity index (χ3n) is 14.9. The van der Waals surface area contributed by atoms with E-state index in [0.29, 0.717) is 25.7 Å². The Balaban J connectivity index is 1.13. The Morgan fingerprint density at radius 1 is 0.696 bits per heavy atom. The molecule has 0 aromatic heterocycles. The van der Waals surface area contributed by atoms with Gasteiger partial charge in [-0.15, -0.1) is 0 Å². The summed E-state index contributed by atoms with van der Waals surface area (Å²) in [6.07, 6.45) is -18.9. The number of hydrogen-bond acceptors (Lipinski definition) is 18. The molecule has 1 spiro atoms. The van der Waals surface area contributed by atoms with Crippen molar-refractivity contribution in [2.24, 2.45) is 34.0 Å². The topological polar surface area (TPSA) is 295 Å². The van der Waals surface area contributed by atoms with E-state index >= 15 is 0 Å². The maximum absolute atomic E-state index is 14.2. The van der Waals surface area contributed by atoms with Crippen LogP contribution in [0.3, 0.4) is 0 Å². The van der Waals surface area contributed by atoms with Gasteiger partial charge in [0, 0.05) is 5.92 Å². The van der Waals surface area contributed by atoms with E-state index in [2.05, 4.69) is 13.5 Å². The normalized spacial score (nSPS) is 54.6. The van der Waals surface area contributed by atoms with Gasteiger partial charge < -0.3 is 84.6 Å². The van der Waals surface area contributed by atoms with Gasteiger partial charge in [-0.1, -0.05) is 25.5 Å². The number of fused-ring (bicyclic) bond motifs is 3. The van der Waals surface area contributed by atoms with Gasteiger partial charge in [0.2, 0.25) is 6.29 Å². The molecule has 0 unspecified atom stereocenters. The van der Waals surface area contributed by atoms with Crippen LogP contribution in [0.1, 0.15) is 65.2 Å². The predicted octanol–water partition coefficient (Wildman–Crippen LogP) is -3.08. The summed E-state index contributed by atoms with van der Waals surface area (Å²) < 4.78 is 35.5. The van der Waals surface area contributed by atoms with Crippen molar-refractivity contribution in [1.29, 1.82) is 0 Å². The number of rotatable bonds is 9. The van der Waals surface area contributed by atoms with Crippen molar-refractivity contribution in [3.8, 4) is 0 Å². The van der Waals surface area contributed by atoms with Crippen LogP contribution >= 0.6 is 0 Å². The average Bonchev–Trinajstić information content (AvgIpc) is 3.44. The quantitative estimate of drug-likeness (QED) is 0.0626. The molecule has 2 bridgehead atoms. The lowest BCUT2D eigenvalue weighted by molar-refractivity contribution is -0.374. The van der Waals surface area contributed by atoms with Gasteiger partial charge in [0.25, 0.3) is 0 Å². The average molecular weight is 805 g/mol. The molecule has 3 aliphatic heterocycles. The molecule has 7 fully saturated rings. The molecular weight excluding hydrogens is 744 g/mol. The fourth-order valence-corrected chi connectivity index (χ4v) is 11.9. The van der Waals surface area contributed by atoms with Crippen molar-refractivity contribution >= 4 is 5.97 Å². The fourth-order valence-electron chi connectivity index (χ4n) is 11.9. The molecule has 0 aromatic carbocycles. The van der Waals surface area contributed by atoms with Crippen molar-refractivity contribution in [3.63, 3.8) is 0 Å². The van der Waals surface area contributed by atoms with E-state index in [-0.39, 0.29) is 23.2 Å². The summed E-state index contributed by atoms with van der Waals surface area (Å²) in [5.74, 6) is -0.943. The molecule has 22 atom stereocenters. The molecule has 18 nitrogen and oxygen atoms in total. The van der Waals surface area contributed by atoms with Crippen LogP contribution in [0, 0.1) is 34.0 Å².